The molecule has 9 nitrogen and oxygen atoms in total. The van der Waals surface area contributed by atoms with Crippen molar-refractivity contribution < 1.29 is 42.7 Å². The summed E-state index contributed by atoms with van der Waals surface area (Å²) in [5, 5.41) is 0. The average molecular weight is 593 g/mol. The number of carbonyl (C=O) groups excluding carboxylic acids is 1. The molecule has 0 fully saturated rings. The van der Waals surface area contributed by atoms with E-state index in [9.17, 15) is 4.79 Å². The lowest BCUT2D eigenvalue weighted by atomic mass is 10.1. The van der Waals surface area contributed by atoms with Crippen LogP contribution in [0.3, 0.4) is 0 Å². The molecule has 0 rings (SSSR count). The van der Waals surface area contributed by atoms with Crippen molar-refractivity contribution in [3.05, 3.63) is 0 Å². The van der Waals surface area contributed by atoms with E-state index in [1.165, 1.54) is 57.8 Å². The van der Waals surface area contributed by atoms with E-state index >= 15 is 0 Å². The Morgan fingerprint density at radius 1 is 0.341 bits per heavy atom. The van der Waals surface area contributed by atoms with Crippen molar-refractivity contribution in [2.24, 2.45) is 0 Å². The van der Waals surface area contributed by atoms with Gasteiger partial charge in [-0.2, -0.15) is 0 Å². The molecule has 0 atom stereocenters. The smallest absolute Gasteiger partial charge is 0.305 e. The van der Waals surface area contributed by atoms with Crippen LogP contribution in [0.5, 0.6) is 0 Å². The molecule has 0 aliphatic carbocycles. The Morgan fingerprint density at radius 2 is 0.634 bits per heavy atom. The van der Waals surface area contributed by atoms with Crippen molar-refractivity contribution in [3.63, 3.8) is 0 Å². The van der Waals surface area contributed by atoms with Crippen molar-refractivity contribution in [1.29, 1.82) is 0 Å². The molecule has 0 unspecified atom stereocenters. The van der Waals surface area contributed by atoms with E-state index in [1.807, 2.05) is 0 Å². The summed E-state index contributed by atoms with van der Waals surface area (Å²) in [4.78, 5) is 11.4. The summed E-state index contributed by atoms with van der Waals surface area (Å²) in [7, 11) is 0. The largest absolute Gasteiger partial charge is 0.463 e. The van der Waals surface area contributed by atoms with Gasteiger partial charge in [0.25, 0.3) is 0 Å². The summed E-state index contributed by atoms with van der Waals surface area (Å²) in [5.74, 6) is -0.150. The van der Waals surface area contributed by atoms with E-state index < -0.39 is 0 Å². The minimum absolute atomic E-state index is 0.150. The first kappa shape index (κ1) is 40.2. The van der Waals surface area contributed by atoms with Gasteiger partial charge in [0.2, 0.25) is 0 Å². The summed E-state index contributed by atoms with van der Waals surface area (Å²) >= 11 is 0. The first-order valence-electron chi connectivity index (χ1n) is 16.5. The molecular formula is C32H64O9. The van der Waals surface area contributed by atoms with E-state index in [-0.39, 0.29) is 5.97 Å². The number of hydrogen-bond donors (Lipinski definition) is 0. The Bertz CT molecular complexity index is 494. The first-order chi connectivity index (χ1) is 20.3. The molecule has 0 aromatic heterocycles. The molecule has 41 heavy (non-hydrogen) atoms. The fourth-order valence-corrected chi connectivity index (χ4v) is 3.92. The van der Waals surface area contributed by atoms with E-state index in [0.29, 0.717) is 98.9 Å². The molecule has 0 heterocycles. The molecule has 0 aliphatic heterocycles. The molecule has 0 saturated carbocycles. The van der Waals surface area contributed by atoms with Gasteiger partial charge in [-0.05, 0) is 12.8 Å². The second kappa shape index (κ2) is 37.2. The van der Waals surface area contributed by atoms with Crippen molar-refractivity contribution in [3.8, 4) is 0 Å². The fourth-order valence-electron chi connectivity index (χ4n) is 3.92. The van der Waals surface area contributed by atoms with Gasteiger partial charge in [0.1, 0.15) is 6.61 Å². The summed E-state index contributed by atoms with van der Waals surface area (Å²) in [6.07, 6.45) is 17.0. The summed E-state index contributed by atoms with van der Waals surface area (Å²) in [6, 6.07) is 0. The molecule has 0 aromatic rings. The molecule has 246 valence electrons. The maximum Gasteiger partial charge on any atom is 0.305 e. The Labute approximate surface area is 251 Å². The number of ether oxygens (including phenoxy) is 8. The Kier molecular flexibility index (Phi) is 36.5. The maximum atomic E-state index is 11.4. The standard InChI is InChI=1S/C32H64O9/c1-3-5-7-8-9-10-11-12-13-15-17-34-18-19-35-20-21-36-22-23-37-24-25-38-26-27-39-28-29-40-30-31-41-32(33)16-14-6-4-2/h3-31H2,1-2H3. The molecule has 9 heteroatoms. The molecule has 0 bridgehead atoms. The van der Waals surface area contributed by atoms with Crippen LogP contribution in [-0.2, 0) is 42.7 Å². The SMILES string of the molecule is CCCCCCCCCCCCOCCOCCOCCOCCOCCOCCOCCOC(=O)CCCCC. The number of carbonyl (C=O) groups is 1. The lowest BCUT2D eigenvalue weighted by Crippen LogP contribution is -2.15. The first-order valence-corrected chi connectivity index (χ1v) is 16.5. The highest BCUT2D eigenvalue weighted by molar-refractivity contribution is 5.69. The molecule has 0 aliphatic rings. The zero-order valence-electron chi connectivity index (χ0n) is 26.7. The van der Waals surface area contributed by atoms with Crippen LogP contribution in [0, 0.1) is 0 Å². The molecule has 0 aromatic carbocycles. The van der Waals surface area contributed by atoms with E-state index in [4.69, 9.17) is 37.9 Å². The molecule has 0 radical (unpaired) electrons. The summed E-state index contributed by atoms with van der Waals surface area (Å²) in [6.45, 7) is 12.4. The molecule has 0 amide bonds. The summed E-state index contributed by atoms with van der Waals surface area (Å²) in [5.41, 5.74) is 0. The van der Waals surface area contributed by atoms with Crippen LogP contribution in [-0.4, -0.2) is 105 Å². The van der Waals surface area contributed by atoms with Crippen LogP contribution in [0.25, 0.3) is 0 Å². The van der Waals surface area contributed by atoms with E-state index in [2.05, 4.69) is 13.8 Å². The Morgan fingerprint density at radius 3 is 1.02 bits per heavy atom. The van der Waals surface area contributed by atoms with Crippen molar-refractivity contribution in [2.45, 2.75) is 104 Å². The van der Waals surface area contributed by atoms with Crippen LogP contribution in [0.4, 0.5) is 0 Å². The molecule has 0 spiro atoms. The van der Waals surface area contributed by atoms with Gasteiger partial charge in [-0.3, -0.25) is 4.79 Å². The maximum absolute atomic E-state index is 11.4. The predicted octanol–water partition coefficient (Wildman–Crippen LogP) is 6.15. The van der Waals surface area contributed by atoms with Gasteiger partial charge in [-0.1, -0.05) is 84.5 Å². The summed E-state index contributed by atoms with van der Waals surface area (Å²) < 4.78 is 43.5. The fraction of sp³-hybridized carbons (Fsp3) is 0.969. The Hall–Kier alpha value is -0.810. The quantitative estimate of drug-likeness (QED) is 0.0628. The monoisotopic (exact) mass is 592 g/mol. The van der Waals surface area contributed by atoms with Crippen LogP contribution in [0.2, 0.25) is 0 Å². The topological polar surface area (TPSA) is 90.9 Å². The van der Waals surface area contributed by atoms with Gasteiger partial charge < -0.3 is 37.9 Å². The van der Waals surface area contributed by atoms with Crippen molar-refractivity contribution >= 4 is 5.97 Å². The third-order valence-electron chi connectivity index (χ3n) is 6.35. The highest BCUT2D eigenvalue weighted by Crippen LogP contribution is 2.10. The average Bonchev–Trinajstić information content (AvgIpc) is 2.98. The third kappa shape index (κ3) is 37.2. The van der Waals surface area contributed by atoms with Crippen LogP contribution in [0.1, 0.15) is 104 Å². The van der Waals surface area contributed by atoms with E-state index in [0.717, 1.165) is 32.3 Å². The number of unbranched alkanes of at least 4 members (excludes halogenated alkanes) is 11. The molecule has 0 saturated heterocycles. The third-order valence-corrected chi connectivity index (χ3v) is 6.35. The normalized spacial score (nSPS) is 11.4. The predicted molar refractivity (Wildman–Crippen MR) is 163 cm³/mol. The minimum Gasteiger partial charge on any atom is -0.463 e. The second-order valence-corrected chi connectivity index (χ2v) is 10.1. The molecule has 0 N–H and O–H groups in total. The highest BCUT2D eigenvalue weighted by atomic mass is 16.6. The van der Waals surface area contributed by atoms with E-state index in [1.54, 1.807) is 0 Å². The van der Waals surface area contributed by atoms with Gasteiger partial charge in [0.05, 0.1) is 85.9 Å². The van der Waals surface area contributed by atoms with Gasteiger partial charge in [-0.15, -0.1) is 0 Å². The number of rotatable bonds is 36. The second-order valence-electron chi connectivity index (χ2n) is 10.1. The van der Waals surface area contributed by atoms with Crippen LogP contribution < -0.4 is 0 Å². The highest BCUT2D eigenvalue weighted by Gasteiger charge is 2.02. The van der Waals surface area contributed by atoms with Crippen molar-refractivity contribution in [1.82, 2.24) is 0 Å². The van der Waals surface area contributed by atoms with Gasteiger partial charge in [0.15, 0.2) is 0 Å². The lowest BCUT2D eigenvalue weighted by molar-refractivity contribution is -0.145. The molecular weight excluding hydrogens is 528 g/mol. The zero-order valence-corrected chi connectivity index (χ0v) is 26.7. The van der Waals surface area contributed by atoms with Crippen LogP contribution in [0.15, 0.2) is 0 Å². The number of esters is 1. The lowest BCUT2D eigenvalue weighted by Gasteiger charge is -2.09. The van der Waals surface area contributed by atoms with Crippen molar-refractivity contribution in [2.75, 3.05) is 99.1 Å². The van der Waals surface area contributed by atoms with Gasteiger partial charge in [-0.25, -0.2) is 0 Å². The zero-order chi connectivity index (χ0) is 29.7. The minimum atomic E-state index is -0.150. The van der Waals surface area contributed by atoms with Gasteiger partial charge in [0, 0.05) is 13.0 Å². The Balaban J connectivity index is 3.06. The number of hydrogen-bond acceptors (Lipinski definition) is 9. The van der Waals surface area contributed by atoms with Gasteiger partial charge >= 0.3 is 5.97 Å². The van der Waals surface area contributed by atoms with Crippen LogP contribution >= 0.6 is 0 Å².